The molecule has 1 nitrogen and oxygen atoms in total. The Bertz CT molecular complexity index is 456. The second-order valence-corrected chi connectivity index (χ2v) is 8.92. The summed E-state index contributed by atoms with van der Waals surface area (Å²) in [6.45, 7) is 0. The molecule has 24 heavy (non-hydrogen) atoms. The maximum Gasteiger partial charge on any atom is 0.0717 e. The average Bonchev–Trinajstić information content (AvgIpc) is 2.70. The van der Waals surface area contributed by atoms with Crippen LogP contribution in [0.3, 0.4) is 0 Å². The van der Waals surface area contributed by atoms with Gasteiger partial charge in [0.25, 0.3) is 0 Å². The minimum atomic E-state index is 0.518. The van der Waals surface area contributed by atoms with Gasteiger partial charge in [0, 0.05) is 11.6 Å². The van der Waals surface area contributed by atoms with Gasteiger partial charge in [-0.15, -0.1) is 0 Å². The summed E-state index contributed by atoms with van der Waals surface area (Å²) in [7, 11) is 0. The van der Waals surface area contributed by atoms with Crippen molar-refractivity contribution in [2.45, 2.75) is 102 Å². The molecule has 1 heterocycles. The summed E-state index contributed by atoms with van der Waals surface area (Å²) in [5.41, 5.74) is 3.20. The summed E-state index contributed by atoms with van der Waals surface area (Å²) >= 11 is 0. The van der Waals surface area contributed by atoms with Crippen molar-refractivity contribution in [3.8, 4) is 0 Å². The fraction of sp³-hybridized carbons (Fsp3) is 0.826. The van der Waals surface area contributed by atoms with Crippen molar-refractivity contribution < 1.29 is 0 Å². The van der Waals surface area contributed by atoms with Crippen molar-refractivity contribution >= 4 is 0 Å². The Labute approximate surface area is 149 Å². The van der Waals surface area contributed by atoms with E-state index < -0.39 is 0 Å². The first-order chi connectivity index (χ1) is 11.9. The lowest BCUT2D eigenvalue weighted by molar-refractivity contribution is 0.287. The summed E-state index contributed by atoms with van der Waals surface area (Å²) in [6.07, 6.45) is 26.6. The fourth-order valence-electron chi connectivity index (χ4n) is 5.69. The molecule has 133 valence electrons. The van der Waals surface area contributed by atoms with Crippen LogP contribution in [0.4, 0.5) is 0 Å². The van der Waals surface area contributed by atoms with Gasteiger partial charge in [0.2, 0.25) is 0 Å². The van der Waals surface area contributed by atoms with Crippen molar-refractivity contribution in [1.82, 2.24) is 5.32 Å². The van der Waals surface area contributed by atoms with Gasteiger partial charge in [0.1, 0.15) is 0 Å². The van der Waals surface area contributed by atoms with Crippen LogP contribution in [0.1, 0.15) is 96.3 Å². The topological polar surface area (TPSA) is 14.1 Å². The van der Waals surface area contributed by atoms with Gasteiger partial charge in [0.05, 0.1) is 6.04 Å². The molecular weight excluding hydrogens is 290 g/mol. The van der Waals surface area contributed by atoms with E-state index in [0.717, 1.165) is 17.8 Å². The molecule has 0 N–H and O–H groups in total. The molecule has 3 aliphatic carbocycles. The Balaban J connectivity index is 1.54. The van der Waals surface area contributed by atoms with Crippen LogP contribution >= 0.6 is 0 Å². The molecule has 1 heteroatoms. The van der Waals surface area contributed by atoms with Crippen molar-refractivity contribution in [1.29, 1.82) is 0 Å². The molecule has 0 aromatic heterocycles. The first-order valence-electron chi connectivity index (χ1n) is 11.0. The van der Waals surface area contributed by atoms with E-state index in [4.69, 9.17) is 5.32 Å². The summed E-state index contributed by atoms with van der Waals surface area (Å²) in [6, 6.07) is 0.518. The van der Waals surface area contributed by atoms with Crippen LogP contribution in [-0.2, 0) is 0 Å². The van der Waals surface area contributed by atoms with E-state index in [0.29, 0.717) is 6.04 Å². The highest BCUT2D eigenvalue weighted by Crippen LogP contribution is 2.39. The monoisotopic (exact) mass is 326 g/mol. The molecule has 0 aromatic carbocycles. The zero-order valence-corrected chi connectivity index (χ0v) is 15.5. The van der Waals surface area contributed by atoms with E-state index in [1.54, 1.807) is 5.57 Å². The van der Waals surface area contributed by atoms with E-state index in [9.17, 15) is 0 Å². The lowest BCUT2D eigenvalue weighted by Gasteiger charge is -2.36. The maximum absolute atomic E-state index is 5.36. The average molecular weight is 327 g/mol. The first-order valence-corrected chi connectivity index (χ1v) is 11.0. The summed E-state index contributed by atoms with van der Waals surface area (Å²) in [5, 5.41) is 5.36. The standard InChI is InChI=1S/C23H36N/c1-4-10-18(11-5-1)21-16-22(19-12-6-2-7-13-19)24-23(17-21)20-14-8-3-9-15-20/h16-20,22H,1-15H2. The molecule has 1 atom stereocenters. The quantitative estimate of drug-likeness (QED) is 0.560. The van der Waals surface area contributed by atoms with Crippen LogP contribution in [0.5, 0.6) is 0 Å². The third kappa shape index (κ3) is 3.92. The first kappa shape index (κ1) is 16.7. The van der Waals surface area contributed by atoms with Crippen LogP contribution < -0.4 is 5.32 Å². The zero-order chi connectivity index (χ0) is 16.2. The van der Waals surface area contributed by atoms with Crippen molar-refractivity contribution in [2.24, 2.45) is 17.8 Å². The second-order valence-electron chi connectivity index (χ2n) is 8.92. The van der Waals surface area contributed by atoms with Crippen LogP contribution in [0, 0.1) is 17.8 Å². The van der Waals surface area contributed by atoms with Crippen molar-refractivity contribution in [3.63, 3.8) is 0 Å². The van der Waals surface area contributed by atoms with Gasteiger partial charge in [-0.1, -0.05) is 63.9 Å². The predicted octanol–water partition coefficient (Wildman–Crippen LogP) is 6.52. The molecule has 0 spiro atoms. The molecule has 3 saturated carbocycles. The highest BCUT2D eigenvalue weighted by atomic mass is 14.9. The number of rotatable bonds is 3. The normalized spacial score (nSPS) is 31.2. The Morgan fingerprint density at radius 1 is 0.625 bits per heavy atom. The Morgan fingerprint density at radius 2 is 1.17 bits per heavy atom. The minimum Gasteiger partial charge on any atom is -0.282 e. The van der Waals surface area contributed by atoms with E-state index >= 15 is 0 Å². The number of hydrogen-bond donors (Lipinski definition) is 0. The van der Waals surface area contributed by atoms with E-state index in [2.05, 4.69) is 12.2 Å². The zero-order valence-electron chi connectivity index (χ0n) is 15.5. The molecule has 0 aromatic rings. The van der Waals surface area contributed by atoms with E-state index in [1.165, 1.54) is 102 Å². The molecule has 1 radical (unpaired) electrons. The van der Waals surface area contributed by atoms with Crippen molar-refractivity contribution in [2.75, 3.05) is 0 Å². The molecule has 0 saturated heterocycles. The third-order valence-electron chi connectivity index (χ3n) is 7.21. The molecule has 3 fully saturated rings. The van der Waals surface area contributed by atoms with Gasteiger partial charge in [-0.05, 0) is 62.0 Å². The Kier molecular flexibility index (Phi) is 5.65. The van der Waals surface area contributed by atoms with Gasteiger partial charge in [-0.3, -0.25) is 5.32 Å². The highest BCUT2D eigenvalue weighted by molar-refractivity contribution is 5.33. The molecule has 0 amide bonds. The molecule has 1 unspecified atom stereocenters. The molecule has 0 bridgehead atoms. The van der Waals surface area contributed by atoms with Gasteiger partial charge in [-0.2, -0.15) is 0 Å². The summed E-state index contributed by atoms with van der Waals surface area (Å²) < 4.78 is 0. The second kappa shape index (κ2) is 8.11. The lowest BCUT2D eigenvalue weighted by Crippen LogP contribution is -2.35. The van der Waals surface area contributed by atoms with Crippen LogP contribution in [0.25, 0.3) is 0 Å². The number of hydrogen-bond acceptors (Lipinski definition) is 0. The van der Waals surface area contributed by atoms with E-state index in [-0.39, 0.29) is 0 Å². The summed E-state index contributed by atoms with van der Waals surface area (Å²) in [5.74, 6) is 2.46. The Hall–Kier alpha value is -0.720. The fourth-order valence-corrected chi connectivity index (χ4v) is 5.69. The van der Waals surface area contributed by atoms with Gasteiger partial charge in [0.15, 0.2) is 0 Å². The molecular formula is C23H36N. The molecule has 4 aliphatic rings. The van der Waals surface area contributed by atoms with Crippen LogP contribution in [0.15, 0.2) is 23.4 Å². The smallest absolute Gasteiger partial charge is 0.0717 e. The predicted molar refractivity (Wildman–Crippen MR) is 102 cm³/mol. The van der Waals surface area contributed by atoms with Gasteiger partial charge >= 0.3 is 0 Å². The number of nitrogens with zero attached hydrogens (tertiary/aromatic N) is 1. The van der Waals surface area contributed by atoms with Gasteiger partial charge < -0.3 is 0 Å². The molecule has 4 rings (SSSR count). The largest absolute Gasteiger partial charge is 0.282 e. The maximum atomic E-state index is 5.36. The van der Waals surface area contributed by atoms with Crippen molar-refractivity contribution in [3.05, 3.63) is 23.4 Å². The van der Waals surface area contributed by atoms with Crippen LogP contribution in [-0.4, -0.2) is 6.04 Å². The Morgan fingerprint density at radius 3 is 1.79 bits per heavy atom. The third-order valence-corrected chi connectivity index (χ3v) is 7.21. The lowest BCUT2D eigenvalue weighted by atomic mass is 9.76. The number of allylic oxidation sites excluding steroid dienone is 3. The SMILES string of the molecule is C1=C(C2CCCCC2)C=C(C2CCCCC2)[N]C1C1CCCCC1. The van der Waals surface area contributed by atoms with Gasteiger partial charge in [-0.25, -0.2) is 0 Å². The highest BCUT2D eigenvalue weighted by Gasteiger charge is 2.31. The van der Waals surface area contributed by atoms with Crippen LogP contribution in [0.2, 0.25) is 0 Å². The molecule has 1 aliphatic heterocycles. The van der Waals surface area contributed by atoms with E-state index in [1.807, 2.05) is 0 Å². The minimum absolute atomic E-state index is 0.518. The summed E-state index contributed by atoms with van der Waals surface area (Å²) in [4.78, 5) is 0.